The van der Waals surface area contributed by atoms with Crippen molar-refractivity contribution in [1.82, 2.24) is 9.88 Å². The molecule has 0 radical (unpaired) electrons. The number of pyridine rings is 1. The summed E-state index contributed by atoms with van der Waals surface area (Å²) in [7, 11) is 0. The molecule has 1 unspecified atom stereocenters. The van der Waals surface area contributed by atoms with Crippen LogP contribution in [0.25, 0.3) is 0 Å². The molecule has 2 heterocycles. The quantitative estimate of drug-likeness (QED) is 0.691. The van der Waals surface area contributed by atoms with Gasteiger partial charge in [0.1, 0.15) is 12.0 Å². The molecule has 4 atom stereocenters. The van der Waals surface area contributed by atoms with Crippen LogP contribution >= 0.6 is 0 Å². The molecule has 0 spiro atoms. The zero-order chi connectivity index (χ0) is 21.5. The van der Waals surface area contributed by atoms with Crippen molar-refractivity contribution in [3.63, 3.8) is 0 Å². The number of aliphatic hydroxyl groups is 2. The number of nitrogens with zero attached hydrogens (tertiary/aromatic N) is 2. The van der Waals surface area contributed by atoms with Crippen LogP contribution in [0.5, 0.6) is 5.75 Å². The first-order valence-electron chi connectivity index (χ1n) is 10.1. The molecule has 2 aromatic rings. The summed E-state index contributed by atoms with van der Waals surface area (Å²) < 4.78 is 38.2. The number of aliphatic hydroxyl groups excluding tert-OH is 1. The first-order chi connectivity index (χ1) is 14.1. The van der Waals surface area contributed by atoms with E-state index in [1.165, 1.54) is 24.4 Å². The van der Waals surface area contributed by atoms with Crippen molar-refractivity contribution in [3.05, 3.63) is 59.4 Å². The van der Waals surface area contributed by atoms with Crippen LogP contribution in [0.1, 0.15) is 29.7 Å². The molecule has 4 rings (SSSR count). The van der Waals surface area contributed by atoms with Crippen LogP contribution in [-0.4, -0.2) is 50.1 Å². The lowest BCUT2D eigenvalue weighted by Crippen LogP contribution is -2.38. The lowest BCUT2D eigenvalue weighted by atomic mass is 9.91. The number of hydrogen-bond donors (Lipinski definition) is 3. The second-order valence-corrected chi connectivity index (χ2v) is 8.67. The van der Waals surface area contributed by atoms with Gasteiger partial charge in [0, 0.05) is 31.6 Å². The fraction of sp³-hybridized carbons (Fsp3) is 0.500. The number of hydrogen-bond acceptors (Lipinski definition) is 5. The smallest absolute Gasteiger partial charge is 0.416 e. The molecule has 0 bridgehead atoms. The van der Waals surface area contributed by atoms with Crippen LogP contribution in [0.15, 0.2) is 42.6 Å². The molecule has 1 saturated carbocycles. The minimum atomic E-state index is -4.36. The Morgan fingerprint density at radius 1 is 1.07 bits per heavy atom. The fourth-order valence-electron chi connectivity index (χ4n) is 4.93. The van der Waals surface area contributed by atoms with Crippen LogP contribution in [0.2, 0.25) is 0 Å². The summed E-state index contributed by atoms with van der Waals surface area (Å²) in [6, 6.07) is 8.21. The molecule has 2 aliphatic rings. The maximum atomic E-state index is 12.7. The Morgan fingerprint density at radius 2 is 1.70 bits per heavy atom. The van der Waals surface area contributed by atoms with Crippen LogP contribution in [-0.2, 0) is 19.0 Å². The van der Waals surface area contributed by atoms with E-state index in [1.807, 2.05) is 4.90 Å². The number of aromatic nitrogens is 1. The Bertz CT molecular complexity index is 857. The summed E-state index contributed by atoms with van der Waals surface area (Å²) in [6.07, 6.45) is -1.87. The van der Waals surface area contributed by atoms with Gasteiger partial charge in [0.05, 0.1) is 17.4 Å². The SMILES string of the molecule is Oc1ccc(CC(O)N2C[C@@H]3C[C@](O)(Cc4ccc(C(F)(F)F)cc4)C[C@@H]3C2)nc1. The fourth-order valence-corrected chi connectivity index (χ4v) is 4.93. The zero-order valence-electron chi connectivity index (χ0n) is 16.4. The van der Waals surface area contributed by atoms with Crippen molar-refractivity contribution >= 4 is 0 Å². The van der Waals surface area contributed by atoms with E-state index in [0.717, 1.165) is 12.1 Å². The van der Waals surface area contributed by atoms with Gasteiger partial charge in [0.2, 0.25) is 0 Å². The van der Waals surface area contributed by atoms with Crippen molar-refractivity contribution in [2.24, 2.45) is 11.8 Å². The summed E-state index contributed by atoms with van der Waals surface area (Å²) in [4.78, 5) is 6.09. The van der Waals surface area contributed by atoms with Gasteiger partial charge >= 0.3 is 6.18 Å². The van der Waals surface area contributed by atoms with Crippen LogP contribution < -0.4 is 0 Å². The van der Waals surface area contributed by atoms with Gasteiger partial charge in [0.25, 0.3) is 0 Å². The van der Waals surface area contributed by atoms with E-state index >= 15 is 0 Å². The molecule has 0 amide bonds. The number of likely N-dealkylation sites (tertiary alicyclic amines) is 1. The van der Waals surface area contributed by atoms with E-state index in [0.29, 0.717) is 50.0 Å². The number of alkyl halides is 3. The van der Waals surface area contributed by atoms with Crippen molar-refractivity contribution in [2.75, 3.05) is 13.1 Å². The van der Waals surface area contributed by atoms with Gasteiger partial charge in [-0.1, -0.05) is 12.1 Å². The molecule has 1 aromatic carbocycles. The number of rotatable bonds is 5. The van der Waals surface area contributed by atoms with E-state index in [9.17, 15) is 28.5 Å². The van der Waals surface area contributed by atoms with Crippen molar-refractivity contribution in [2.45, 2.75) is 43.7 Å². The highest BCUT2D eigenvalue weighted by Crippen LogP contribution is 2.46. The van der Waals surface area contributed by atoms with E-state index in [-0.39, 0.29) is 17.6 Å². The van der Waals surface area contributed by atoms with Gasteiger partial charge in [-0.3, -0.25) is 9.88 Å². The molecule has 8 heteroatoms. The monoisotopic (exact) mass is 422 g/mol. The first-order valence-corrected chi connectivity index (χ1v) is 10.1. The van der Waals surface area contributed by atoms with Crippen LogP contribution in [0, 0.1) is 11.8 Å². The third kappa shape index (κ3) is 4.61. The van der Waals surface area contributed by atoms with Crippen LogP contribution in [0.4, 0.5) is 13.2 Å². The average Bonchev–Trinajstić information content (AvgIpc) is 3.18. The number of benzene rings is 1. The van der Waals surface area contributed by atoms with Gasteiger partial charge in [-0.2, -0.15) is 13.2 Å². The first kappa shape index (κ1) is 21.1. The Kier molecular flexibility index (Phi) is 5.50. The molecule has 3 N–H and O–H groups in total. The molecule has 30 heavy (non-hydrogen) atoms. The number of fused-ring (bicyclic) bond motifs is 1. The summed E-state index contributed by atoms with van der Waals surface area (Å²) >= 11 is 0. The lowest BCUT2D eigenvalue weighted by Gasteiger charge is -2.28. The number of halogens is 3. The van der Waals surface area contributed by atoms with Crippen molar-refractivity contribution in [3.8, 4) is 5.75 Å². The Hall–Kier alpha value is -2.16. The maximum absolute atomic E-state index is 12.7. The molecule has 1 saturated heterocycles. The summed E-state index contributed by atoms with van der Waals surface area (Å²) in [5.41, 5.74) is -0.226. The van der Waals surface area contributed by atoms with Gasteiger partial charge < -0.3 is 15.3 Å². The zero-order valence-corrected chi connectivity index (χ0v) is 16.4. The van der Waals surface area contributed by atoms with E-state index in [1.54, 1.807) is 6.07 Å². The van der Waals surface area contributed by atoms with E-state index in [4.69, 9.17) is 0 Å². The molecule has 1 aromatic heterocycles. The molecule has 1 aliphatic carbocycles. The number of aromatic hydroxyl groups is 1. The molecular weight excluding hydrogens is 397 g/mol. The van der Waals surface area contributed by atoms with Gasteiger partial charge in [0.15, 0.2) is 0 Å². The molecular formula is C22H25F3N2O3. The second-order valence-electron chi connectivity index (χ2n) is 8.67. The highest BCUT2D eigenvalue weighted by Gasteiger charge is 2.49. The summed E-state index contributed by atoms with van der Waals surface area (Å²) in [5, 5.41) is 30.9. The Morgan fingerprint density at radius 3 is 2.23 bits per heavy atom. The topological polar surface area (TPSA) is 76.8 Å². The standard InChI is InChI=1S/C22H25F3N2O3/c23-22(24,25)17-3-1-14(2-4-17)8-21(30)9-15-12-27(13-16(15)10-21)20(29)7-18-5-6-19(28)11-26-18/h1-6,11,15-16,20,28-30H,7-10,12-13H2/t15-,16+,20?,21+. The average molecular weight is 422 g/mol. The second kappa shape index (κ2) is 7.83. The summed E-state index contributed by atoms with van der Waals surface area (Å²) in [6.45, 7) is 1.33. The predicted octanol–water partition coefficient (Wildman–Crippen LogP) is 2.98. The molecule has 162 valence electrons. The van der Waals surface area contributed by atoms with Crippen molar-refractivity contribution < 1.29 is 28.5 Å². The minimum Gasteiger partial charge on any atom is -0.506 e. The third-order valence-corrected chi connectivity index (χ3v) is 6.33. The third-order valence-electron chi connectivity index (χ3n) is 6.33. The van der Waals surface area contributed by atoms with E-state index in [2.05, 4.69) is 4.98 Å². The molecule has 2 fully saturated rings. The molecule has 1 aliphatic heterocycles. The summed E-state index contributed by atoms with van der Waals surface area (Å²) in [5.74, 6) is 0.565. The minimum absolute atomic E-state index is 0.0799. The van der Waals surface area contributed by atoms with E-state index < -0.39 is 23.6 Å². The van der Waals surface area contributed by atoms with Crippen LogP contribution in [0.3, 0.4) is 0 Å². The van der Waals surface area contributed by atoms with Gasteiger partial charge in [-0.15, -0.1) is 0 Å². The Balaban J connectivity index is 1.32. The predicted molar refractivity (Wildman–Crippen MR) is 103 cm³/mol. The molecule has 5 nitrogen and oxygen atoms in total. The Labute approximate surface area is 172 Å². The normalized spacial score (nSPS) is 27.9. The van der Waals surface area contributed by atoms with Crippen molar-refractivity contribution in [1.29, 1.82) is 0 Å². The van der Waals surface area contributed by atoms with Gasteiger partial charge in [-0.25, -0.2) is 0 Å². The highest BCUT2D eigenvalue weighted by molar-refractivity contribution is 5.26. The largest absolute Gasteiger partial charge is 0.506 e. The van der Waals surface area contributed by atoms with Gasteiger partial charge in [-0.05, 0) is 54.5 Å². The highest BCUT2D eigenvalue weighted by atomic mass is 19.4. The maximum Gasteiger partial charge on any atom is 0.416 e. The lowest BCUT2D eigenvalue weighted by molar-refractivity contribution is -0.137.